The summed E-state index contributed by atoms with van der Waals surface area (Å²) >= 11 is 0. The van der Waals surface area contributed by atoms with Crippen molar-refractivity contribution in [1.29, 1.82) is 0 Å². The van der Waals surface area contributed by atoms with Gasteiger partial charge in [-0.2, -0.15) is 8.78 Å². The number of phenolic OH excluding ortho intramolecular Hbond substituents is 1. The molecule has 0 spiro atoms. The van der Waals surface area contributed by atoms with Crippen LogP contribution in [0.4, 0.5) is 13.6 Å². The number of ether oxygens (including phenoxy) is 1. The molecule has 2 aromatic carbocycles. The normalized spacial score (nSPS) is 23.8. The number of phenols is 1. The average molecular weight is 511 g/mol. The summed E-state index contributed by atoms with van der Waals surface area (Å²) in [5, 5.41) is 10.9. The number of aromatic hydroxyl groups is 1. The second-order valence-corrected chi connectivity index (χ2v) is 10.2. The van der Waals surface area contributed by atoms with Gasteiger partial charge in [0.05, 0.1) is 0 Å². The lowest BCUT2D eigenvalue weighted by atomic mass is 9.81. The van der Waals surface area contributed by atoms with E-state index >= 15 is 0 Å². The number of carbonyl (C=O) groups excluding carboxylic acids is 2. The van der Waals surface area contributed by atoms with Crippen LogP contribution < -0.4 is 4.74 Å². The van der Waals surface area contributed by atoms with Crippen LogP contribution in [0.2, 0.25) is 0 Å². The van der Waals surface area contributed by atoms with E-state index in [1.807, 2.05) is 0 Å². The number of benzene rings is 2. The molecule has 0 bridgehead atoms. The van der Waals surface area contributed by atoms with Crippen molar-refractivity contribution in [2.45, 2.75) is 44.4 Å². The molecule has 0 unspecified atom stereocenters. The highest BCUT2D eigenvalue weighted by Gasteiger charge is 2.60. The van der Waals surface area contributed by atoms with Crippen molar-refractivity contribution in [2.24, 2.45) is 0 Å². The van der Waals surface area contributed by atoms with E-state index in [1.54, 1.807) is 48.2 Å². The average Bonchev–Trinajstić information content (AvgIpc) is 3.54. The molecular formula is C27H28F2N4O4. The summed E-state index contributed by atoms with van der Waals surface area (Å²) in [6.07, 6.45) is 2.45. The van der Waals surface area contributed by atoms with E-state index in [-0.39, 0.29) is 29.9 Å². The third-order valence-corrected chi connectivity index (χ3v) is 7.89. The van der Waals surface area contributed by atoms with Crippen LogP contribution in [0.3, 0.4) is 0 Å². The number of amides is 3. The predicted molar refractivity (Wildman–Crippen MR) is 132 cm³/mol. The minimum atomic E-state index is -2.96. The predicted octanol–water partition coefficient (Wildman–Crippen LogP) is 4.24. The van der Waals surface area contributed by atoms with Gasteiger partial charge in [0.15, 0.2) is 0 Å². The summed E-state index contributed by atoms with van der Waals surface area (Å²) in [6.45, 7) is 1.66. The minimum Gasteiger partial charge on any atom is -0.508 e. The third-order valence-electron chi connectivity index (χ3n) is 7.89. The number of fused-ring (bicyclic) bond motifs is 4. The Morgan fingerprint density at radius 3 is 2.65 bits per heavy atom. The summed E-state index contributed by atoms with van der Waals surface area (Å²) in [6, 6.07) is 10.2. The molecule has 37 heavy (non-hydrogen) atoms. The number of aromatic amines is 1. The Balaban J connectivity index is 1.46. The van der Waals surface area contributed by atoms with E-state index in [9.17, 15) is 23.5 Å². The number of aromatic nitrogens is 1. The Bertz CT molecular complexity index is 1390. The van der Waals surface area contributed by atoms with Crippen molar-refractivity contribution < 1.29 is 28.2 Å². The molecule has 8 nitrogen and oxygen atoms in total. The lowest BCUT2D eigenvalue weighted by Crippen LogP contribution is -2.53. The van der Waals surface area contributed by atoms with Crippen LogP contribution in [0.25, 0.3) is 10.9 Å². The lowest BCUT2D eigenvalue weighted by molar-refractivity contribution is -0.133. The Kier molecular flexibility index (Phi) is 5.59. The zero-order chi connectivity index (χ0) is 25.9. The molecule has 2 saturated heterocycles. The Labute approximate surface area is 212 Å². The summed E-state index contributed by atoms with van der Waals surface area (Å²) < 4.78 is 30.5. The van der Waals surface area contributed by atoms with Gasteiger partial charge in [0.25, 0.3) is 5.91 Å². The van der Waals surface area contributed by atoms with Crippen LogP contribution in [0.15, 0.2) is 42.5 Å². The fraction of sp³-hybridized carbons (Fsp3) is 0.407. The monoisotopic (exact) mass is 510 g/mol. The highest BCUT2D eigenvalue weighted by molar-refractivity contribution is 6.08. The molecule has 0 aliphatic carbocycles. The fourth-order valence-corrected chi connectivity index (χ4v) is 6.15. The van der Waals surface area contributed by atoms with Gasteiger partial charge in [-0.1, -0.05) is 12.1 Å². The second-order valence-electron chi connectivity index (χ2n) is 10.2. The molecule has 2 fully saturated rings. The molecule has 0 radical (unpaired) electrons. The number of rotatable bonds is 6. The van der Waals surface area contributed by atoms with Crippen LogP contribution in [-0.2, 0) is 11.2 Å². The number of nitrogens with one attached hydrogen (secondary N) is 1. The van der Waals surface area contributed by atoms with Gasteiger partial charge < -0.3 is 19.7 Å². The first kappa shape index (κ1) is 23.7. The maximum atomic E-state index is 13.9. The van der Waals surface area contributed by atoms with Gasteiger partial charge in [0.1, 0.15) is 23.1 Å². The Morgan fingerprint density at radius 1 is 1.14 bits per heavy atom. The Hall–Kier alpha value is -3.66. The number of hydrogen-bond donors (Lipinski definition) is 2. The van der Waals surface area contributed by atoms with E-state index in [0.717, 1.165) is 31.5 Å². The first-order chi connectivity index (χ1) is 17.8. The van der Waals surface area contributed by atoms with Gasteiger partial charge in [0, 0.05) is 36.1 Å². The van der Waals surface area contributed by atoms with Gasteiger partial charge >= 0.3 is 12.6 Å². The number of imide groups is 1. The molecule has 2 N–H and O–H groups in total. The molecule has 2 atom stereocenters. The number of likely N-dealkylation sites (tertiary alicyclic amines) is 1. The van der Waals surface area contributed by atoms with E-state index in [2.05, 4.69) is 14.6 Å². The molecule has 0 saturated carbocycles. The summed E-state index contributed by atoms with van der Waals surface area (Å²) in [7, 11) is 0. The van der Waals surface area contributed by atoms with Crippen LogP contribution in [0.5, 0.6) is 11.5 Å². The molecule has 3 amide bonds. The number of halogens is 2. The maximum Gasteiger partial charge on any atom is 0.387 e. The number of hydrogen-bond acceptors (Lipinski definition) is 5. The molecule has 10 heteroatoms. The quantitative estimate of drug-likeness (QED) is 0.485. The van der Waals surface area contributed by atoms with Crippen molar-refractivity contribution in [3.05, 3.63) is 59.3 Å². The van der Waals surface area contributed by atoms with E-state index in [1.165, 1.54) is 11.0 Å². The van der Waals surface area contributed by atoms with Gasteiger partial charge in [-0.15, -0.1) is 0 Å². The molecule has 6 rings (SSSR count). The van der Waals surface area contributed by atoms with Gasteiger partial charge in [-0.3, -0.25) is 14.6 Å². The molecule has 3 aliphatic rings. The van der Waals surface area contributed by atoms with Crippen LogP contribution in [-0.4, -0.2) is 75.1 Å². The zero-order valence-electron chi connectivity index (χ0n) is 20.4. The minimum absolute atomic E-state index is 0.0202. The van der Waals surface area contributed by atoms with E-state index < -0.39 is 18.2 Å². The van der Waals surface area contributed by atoms with Crippen molar-refractivity contribution in [3.8, 4) is 11.5 Å². The number of urea groups is 1. The van der Waals surface area contributed by atoms with E-state index in [4.69, 9.17) is 0 Å². The first-order valence-electron chi connectivity index (χ1n) is 12.5. The van der Waals surface area contributed by atoms with Crippen LogP contribution in [0.1, 0.15) is 42.6 Å². The maximum absolute atomic E-state index is 13.9. The Morgan fingerprint density at radius 2 is 1.92 bits per heavy atom. The molecule has 1 aromatic heterocycles. The van der Waals surface area contributed by atoms with Gasteiger partial charge in [-0.25, -0.2) is 4.79 Å². The second kappa shape index (κ2) is 8.72. The van der Waals surface area contributed by atoms with Crippen molar-refractivity contribution in [2.75, 3.05) is 26.2 Å². The SMILES string of the molecule is C[C@@]12Cc3c([nH]c4ccc(OC(F)F)cc34)[C@@H](c3cccc(O)c3)N1C(=O)N(CCN1CCCC1)C2=O. The van der Waals surface area contributed by atoms with Crippen LogP contribution in [0, 0.1) is 0 Å². The number of H-pyrrole nitrogens is 1. The number of nitrogens with zero attached hydrogens (tertiary/aromatic N) is 3. The van der Waals surface area contributed by atoms with Gasteiger partial charge in [0.2, 0.25) is 0 Å². The highest BCUT2D eigenvalue weighted by Crippen LogP contribution is 2.49. The van der Waals surface area contributed by atoms with Gasteiger partial charge in [-0.05, 0) is 74.3 Å². The van der Waals surface area contributed by atoms with Crippen molar-refractivity contribution >= 4 is 22.8 Å². The molecule has 4 heterocycles. The summed E-state index contributed by atoms with van der Waals surface area (Å²) in [5.41, 5.74) is 1.61. The zero-order valence-corrected chi connectivity index (χ0v) is 20.4. The number of alkyl halides is 2. The summed E-state index contributed by atoms with van der Waals surface area (Å²) in [4.78, 5) is 36.3. The van der Waals surface area contributed by atoms with E-state index in [0.29, 0.717) is 35.2 Å². The largest absolute Gasteiger partial charge is 0.508 e. The molecular weight excluding hydrogens is 482 g/mol. The summed E-state index contributed by atoms with van der Waals surface area (Å²) in [5.74, 6) is -0.215. The molecule has 3 aliphatic heterocycles. The lowest BCUT2D eigenvalue weighted by Gasteiger charge is -2.42. The smallest absolute Gasteiger partial charge is 0.387 e. The fourth-order valence-electron chi connectivity index (χ4n) is 6.15. The third kappa shape index (κ3) is 3.81. The standard InChI is InChI=1S/C27H28F2N4O4/c1-27-15-20-19-14-18(37-25(28)29)7-8-21(19)30-22(20)23(16-5-4-6-17(34)13-16)33(27)26(36)32(24(27)35)12-11-31-9-2-3-10-31/h4-8,13-14,23,25,30,34H,2-3,9-12,15H2,1H3/t23-,27+/m1/s1. The van der Waals surface area contributed by atoms with Crippen LogP contribution >= 0.6 is 0 Å². The number of carbonyl (C=O) groups is 2. The highest BCUT2D eigenvalue weighted by atomic mass is 19.3. The molecule has 3 aromatic rings. The van der Waals surface area contributed by atoms with Crippen molar-refractivity contribution in [1.82, 2.24) is 19.7 Å². The topological polar surface area (TPSA) is 89.1 Å². The first-order valence-corrected chi connectivity index (χ1v) is 12.5. The molecule has 194 valence electrons. The van der Waals surface area contributed by atoms with Crippen molar-refractivity contribution in [3.63, 3.8) is 0 Å².